The SMILES string of the molecule is CC.CCCCCC(=O)OCOc1n/c(=C\c2ccccc2)c(=O)[nH]/c1=C\c1nc[nH]c1C(C)(C)C. The highest BCUT2D eigenvalue weighted by atomic mass is 16.7. The number of aromatic nitrogens is 4. The minimum Gasteiger partial charge on any atom is -0.438 e. The summed E-state index contributed by atoms with van der Waals surface area (Å²) in [4.78, 5) is 39.6. The third kappa shape index (κ3) is 8.52. The van der Waals surface area contributed by atoms with E-state index in [2.05, 4.69) is 47.6 Å². The zero-order valence-corrected chi connectivity index (χ0v) is 22.2. The average molecular weight is 495 g/mol. The van der Waals surface area contributed by atoms with Crippen molar-refractivity contribution in [3.05, 3.63) is 74.7 Å². The molecule has 0 amide bonds. The molecule has 0 bridgehead atoms. The summed E-state index contributed by atoms with van der Waals surface area (Å²) in [5.41, 5.74) is 1.83. The number of hydrogen-bond acceptors (Lipinski definition) is 6. The maximum atomic E-state index is 12.8. The Morgan fingerprint density at radius 1 is 1.08 bits per heavy atom. The van der Waals surface area contributed by atoms with Gasteiger partial charge in [0.05, 0.1) is 12.0 Å². The third-order valence-corrected chi connectivity index (χ3v) is 5.14. The number of esters is 1. The van der Waals surface area contributed by atoms with Crippen molar-refractivity contribution in [1.29, 1.82) is 0 Å². The Bertz CT molecular complexity index is 1270. The second kappa shape index (κ2) is 14.0. The molecule has 0 spiro atoms. The van der Waals surface area contributed by atoms with Crippen LogP contribution in [-0.4, -0.2) is 32.7 Å². The number of carbonyl (C=O) groups excluding carboxylic acids is 1. The summed E-state index contributed by atoms with van der Waals surface area (Å²) in [6.45, 7) is 12.0. The molecule has 2 N–H and O–H groups in total. The third-order valence-electron chi connectivity index (χ3n) is 5.14. The summed E-state index contributed by atoms with van der Waals surface area (Å²) < 4.78 is 10.9. The van der Waals surface area contributed by atoms with E-state index in [9.17, 15) is 9.59 Å². The lowest BCUT2D eigenvalue weighted by Crippen LogP contribution is -2.38. The van der Waals surface area contributed by atoms with Crippen LogP contribution >= 0.6 is 0 Å². The van der Waals surface area contributed by atoms with Gasteiger partial charge in [-0.2, -0.15) is 0 Å². The van der Waals surface area contributed by atoms with Crippen LogP contribution in [0.15, 0.2) is 41.5 Å². The minimum absolute atomic E-state index is 0.144. The van der Waals surface area contributed by atoms with Gasteiger partial charge in [-0.1, -0.05) is 84.7 Å². The van der Waals surface area contributed by atoms with Gasteiger partial charge < -0.3 is 19.4 Å². The molecule has 0 atom stereocenters. The van der Waals surface area contributed by atoms with E-state index in [0.29, 0.717) is 17.5 Å². The zero-order chi connectivity index (χ0) is 26.6. The Balaban J connectivity index is 0.00000222. The van der Waals surface area contributed by atoms with Gasteiger partial charge in [0.25, 0.3) is 5.56 Å². The molecule has 1 aromatic carbocycles. The molecule has 0 saturated carbocycles. The lowest BCUT2D eigenvalue weighted by atomic mass is 9.90. The van der Waals surface area contributed by atoms with Gasteiger partial charge in [0.15, 0.2) is 0 Å². The molecule has 0 radical (unpaired) electrons. The molecule has 0 fully saturated rings. The summed E-state index contributed by atoms with van der Waals surface area (Å²) in [6, 6.07) is 9.40. The number of H-pyrrole nitrogens is 2. The van der Waals surface area contributed by atoms with Gasteiger partial charge in [0.2, 0.25) is 12.7 Å². The number of nitrogens with one attached hydrogen (secondary N) is 2. The Morgan fingerprint density at radius 3 is 2.47 bits per heavy atom. The van der Waals surface area contributed by atoms with Crippen LogP contribution < -0.4 is 21.0 Å². The quantitative estimate of drug-likeness (QED) is 0.265. The van der Waals surface area contributed by atoms with Gasteiger partial charge in [-0.15, -0.1) is 0 Å². The average Bonchev–Trinajstić information content (AvgIpc) is 3.33. The van der Waals surface area contributed by atoms with E-state index in [0.717, 1.165) is 30.5 Å². The van der Waals surface area contributed by atoms with E-state index in [1.54, 1.807) is 18.5 Å². The maximum absolute atomic E-state index is 12.8. The molecule has 8 nitrogen and oxygen atoms in total. The van der Waals surface area contributed by atoms with Crippen LogP contribution in [0.3, 0.4) is 0 Å². The molecule has 194 valence electrons. The fourth-order valence-electron chi connectivity index (χ4n) is 3.37. The molecule has 36 heavy (non-hydrogen) atoms. The first-order valence-electron chi connectivity index (χ1n) is 12.5. The number of carbonyl (C=O) groups is 1. The first-order valence-corrected chi connectivity index (χ1v) is 12.5. The van der Waals surface area contributed by atoms with Crippen LogP contribution in [0.25, 0.3) is 12.2 Å². The normalized spacial score (nSPS) is 12.2. The number of ether oxygens (including phenoxy) is 2. The molecule has 2 aromatic heterocycles. The number of benzene rings is 1. The molecule has 8 heteroatoms. The Kier molecular flexibility index (Phi) is 11.1. The summed E-state index contributed by atoms with van der Waals surface area (Å²) in [5, 5.41) is 0.528. The lowest BCUT2D eigenvalue weighted by Gasteiger charge is -2.17. The molecular formula is C28H38N4O4. The van der Waals surface area contributed by atoms with Crippen LogP contribution in [0.5, 0.6) is 5.88 Å². The van der Waals surface area contributed by atoms with E-state index in [-0.39, 0.29) is 35.0 Å². The first kappa shape index (κ1) is 28.6. The van der Waals surface area contributed by atoms with Crippen molar-refractivity contribution in [2.24, 2.45) is 0 Å². The van der Waals surface area contributed by atoms with Crippen LogP contribution in [0.2, 0.25) is 0 Å². The second-order valence-electron chi connectivity index (χ2n) is 9.02. The van der Waals surface area contributed by atoms with E-state index in [4.69, 9.17) is 9.47 Å². The van der Waals surface area contributed by atoms with Crippen LogP contribution in [0.4, 0.5) is 0 Å². The molecule has 3 rings (SSSR count). The summed E-state index contributed by atoms with van der Waals surface area (Å²) in [5.74, 6) is -0.187. The predicted octanol–water partition coefficient (Wildman–Crippen LogP) is 3.93. The monoisotopic (exact) mass is 494 g/mol. The lowest BCUT2D eigenvalue weighted by molar-refractivity contribution is -0.150. The van der Waals surface area contributed by atoms with Crippen LogP contribution in [-0.2, 0) is 14.9 Å². The number of aromatic amines is 2. The second-order valence-corrected chi connectivity index (χ2v) is 9.02. The van der Waals surface area contributed by atoms with Gasteiger partial charge in [-0.05, 0) is 24.1 Å². The van der Waals surface area contributed by atoms with Crippen LogP contribution in [0.1, 0.15) is 84.2 Å². The fraction of sp³-hybridized carbons (Fsp3) is 0.429. The Hall–Kier alpha value is -3.68. The molecule has 0 aliphatic heterocycles. The van der Waals surface area contributed by atoms with Crippen LogP contribution in [0, 0.1) is 0 Å². The smallest absolute Gasteiger partial charge is 0.308 e. The van der Waals surface area contributed by atoms with Gasteiger partial charge in [0.1, 0.15) is 10.7 Å². The molecule has 0 unspecified atom stereocenters. The highest BCUT2D eigenvalue weighted by Gasteiger charge is 2.19. The van der Waals surface area contributed by atoms with Gasteiger partial charge in [0, 0.05) is 17.5 Å². The van der Waals surface area contributed by atoms with Crippen molar-refractivity contribution in [3.8, 4) is 5.88 Å². The Labute approximate surface area is 212 Å². The van der Waals surface area contributed by atoms with E-state index < -0.39 is 0 Å². The van der Waals surface area contributed by atoms with Gasteiger partial charge in [-0.25, -0.2) is 9.97 Å². The van der Waals surface area contributed by atoms with Crippen molar-refractivity contribution in [2.75, 3.05) is 6.79 Å². The fourth-order valence-corrected chi connectivity index (χ4v) is 3.37. The van der Waals surface area contributed by atoms with E-state index in [1.807, 2.05) is 44.2 Å². The molecule has 3 aromatic rings. The molecule has 0 aliphatic rings. The highest BCUT2D eigenvalue weighted by molar-refractivity contribution is 5.69. The first-order chi connectivity index (χ1) is 17.3. The minimum atomic E-state index is -0.369. The van der Waals surface area contributed by atoms with Crippen molar-refractivity contribution < 1.29 is 14.3 Å². The number of rotatable bonds is 9. The number of unbranched alkanes of at least 4 members (excludes halogenated alkanes) is 2. The van der Waals surface area contributed by atoms with Crippen molar-refractivity contribution in [3.63, 3.8) is 0 Å². The Morgan fingerprint density at radius 2 is 1.81 bits per heavy atom. The van der Waals surface area contributed by atoms with Crippen molar-refractivity contribution in [1.82, 2.24) is 19.9 Å². The summed E-state index contributed by atoms with van der Waals surface area (Å²) in [6.07, 6.45) is 8.08. The number of nitrogens with zero attached hydrogens (tertiary/aromatic N) is 2. The zero-order valence-electron chi connectivity index (χ0n) is 22.2. The van der Waals surface area contributed by atoms with E-state index >= 15 is 0 Å². The van der Waals surface area contributed by atoms with Gasteiger partial charge >= 0.3 is 5.97 Å². The summed E-state index contributed by atoms with van der Waals surface area (Å²) in [7, 11) is 0. The number of hydrogen-bond donors (Lipinski definition) is 2. The molecule has 2 heterocycles. The summed E-state index contributed by atoms with van der Waals surface area (Å²) >= 11 is 0. The largest absolute Gasteiger partial charge is 0.438 e. The standard InChI is InChI=1S/C26H32N4O4.C2H6/c1-5-6-8-13-22(31)33-17-34-25-21(15-19-23(26(2,3)4)28-16-27-19)29-24(32)20(30-25)14-18-11-9-7-10-12-18;1-2/h7,9-12,14-16H,5-6,8,13,17H2,1-4H3,(H,27,28)(H,29,32);1-2H3/b20-14-,21-15-;. The number of imidazole rings is 1. The molecular weight excluding hydrogens is 456 g/mol. The van der Waals surface area contributed by atoms with Crippen molar-refractivity contribution in [2.45, 2.75) is 72.6 Å². The van der Waals surface area contributed by atoms with Gasteiger partial charge in [-0.3, -0.25) is 9.59 Å². The predicted molar refractivity (Wildman–Crippen MR) is 142 cm³/mol. The van der Waals surface area contributed by atoms with Crippen molar-refractivity contribution >= 4 is 18.1 Å². The maximum Gasteiger partial charge on any atom is 0.308 e. The molecule has 0 saturated heterocycles. The topological polar surface area (TPSA) is 110 Å². The molecule has 0 aliphatic carbocycles. The highest BCUT2D eigenvalue weighted by Crippen LogP contribution is 2.23. The van der Waals surface area contributed by atoms with E-state index in [1.165, 1.54) is 0 Å².